The number of hydrogen-bond donors (Lipinski definition) is 2. The van der Waals surface area contributed by atoms with Crippen molar-refractivity contribution in [2.24, 2.45) is 0 Å². The summed E-state index contributed by atoms with van der Waals surface area (Å²) in [5.74, 6) is 0.247. The molecule has 0 aliphatic carbocycles. The van der Waals surface area contributed by atoms with E-state index in [4.69, 9.17) is 0 Å². The number of aromatic nitrogens is 2. The summed E-state index contributed by atoms with van der Waals surface area (Å²) in [6.07, 6.45) is 0. The van der Waals surface area contributed by atoms with Crippen LogP contribution in [0.5, 0.6) is 5.75 Å². The van der Waals surface area contributed by atoms with Gasteiger partial charge < -0.3 is 5.11 Å². The molecule has 0 saturated heterocycles. The van der Waals surface area contributed by atoms with E-state index in [1.807, 2.05) is 12.1 Å². The molecule has 0 saturated carbocycles. The second-order valence-corrected chi connectivity index (χ2v) is 3.51. The Balaban J connectivity index is 2.46. The standard InChI is InChI=1S/C9H7BrN2O/c10-9-5-8(11-12-9)6-2-1-3-7(13)4-6/h1-5,13H,(H,11,12). The van der Waals surface area contributed by atoms with Gasteiger partial charge in [0.25, 0.3) is 0 Å². The molecule has 0 fully saturated rings. The molecule has 4 heteroatoms. The lowest BCUT2D eigenvalue weighted by molar-refractivity contribution is 0.475. The smallest absolute Gasteiger partial charge is 0.116 e. The lowest BCUT2D eigenvalue weighted by Gasteiger charge is -1.95. The van der Waals surface area contributed by atoms with Crippen molar-refractivity contribution in [3.63, 3.8) is 0 Å². The molecule has 0 unspecified atom stereocenters. The molecule has 0 radical (unpaired) electrons. The predicted octanol–water partition coefficient (Wildman–Crippen LogP) is 2.54. The lowest BCUT2D eigenvalue weighted by Crippen LogP contribution is -1.76. The Hall–Kier alpha value is -1.29. The number of H-pyrrole nitrogens is 1. The molecule has 13 heavy (non-hydrogen) atoms. The highest BCUT2D eigenvalue weighted by Gasteiger charge is 2.01. The van der Waals surface area contributed by atoms with Crippen molar-refractivity contribution in [3.8, 4) is 17.0 Å². The van der Waals surface area contributed by atoms with Crippen LogP contribution >= 0.6 is 15.9 Å². The molecule has 2 rings (SSSR count). The SMILES string of the molecule is Oc1cccc(-c2cc(Br)[nH]n2)c1. The molecule has 2 N–H and O–H groups in total. The quantitative estimate of drug-likeness (QED) is 0.803. The fraction of sp³-hybridized carbons (Fsp3) is 0. The van der Waals surface area contributed by atoms with Crippen LogP contribution in [0.1, 0.15) is 0 Å². The number of phenols is 1. The number of nitrogens with zero attached hydrogens (tertiary/aromatic N) is 1. The van der Waals surface area contributed by atoms with Crippen LogP contribution in [0.3, 0.4) is 0 Å². The molecule has 3 nitrogen and oxygen atoms in total. The summed E-state index contributed by atoms with van der Waals surface area (Å²) in [4.78, 5) is 0. The van der Waals surface area contributed by atoms with Crippen LogP contribution in [0.4, 0.5) is 0 Å². The number of halogens is 1. The fourth-order valence-electron chi connectivity index (χ4n) is 1.11. The van der Waals surface area contributed by atoms with Crippen molar-refractivity contribution in [3.05, 3.63) is 34.9 Å². The van der Waals surface area contributed by atoms with Gasteiger partial charge in [-0.15, -0.1) is 0 Å². The minimum Gasteiger partial charge on any atom is -0.508 e. The Morgan fingerprint density at radius 1 is 1.31 bits per heavy atom. The van der Waals surface area contributed by atoms with Crippen molar-refractivity contribution in [1.82, 2.24) is 10.2 Å². The predicted molar refractivity (Wildman–Crippen MR) is 53.4 cm³/mol. The molecule has 0 bridgehead atoms. The van der Waals surface area contributed by atoms with Crippen LogP contribution in [-0.4, -0.2) is 15.3 Å². The van der Waals surface area contributed by atoms with Gasteiger partial charge in [-0.25, -0.2) is 0 Å². The van der Waals surface area contributed by atoms with Crippen LogP contribution in [0, 0.1) is 0 Å². The molecule has 1 heterocycles. The zero-order valence-electron chi connectivity index (χ0n) is 6.66. The zero-order valence-corrected chi connectivity index (χ0v) is 8.25. The molecule has 0 spiro atoms. The largest absolute Gasteiger partial charge is 0.508 e. The van der Waals surface area contributed by atoms with E-state index in [0.29, 0.717) is 0 Å². The second kappa shape index (κ2) is 3.22. The van der Waals surface area contributed by atoms with Crippen molar-refractivity contribution in [1.29, 1.82) is 0 Å². The first-order valence-corrected chi connectivity index (χ1v) is 4.55. The van der Waals surface area contributed by atoms with Gasteiger partial charge in [-0.2, -0.15) is 5.10 Å². The number of nitrogens with one attached hydrogen (secondary N) is 1. The van der Waals surface area contributed by atoms with Crippen LogP contribution in [0.15, 0.2) is 34.9 Å². The molecule has 1 aromatic heterocycles. The highest BCUT2D eigenvalue weighted by molar-refractivity contribution is 9.10. The summed E-state index contributed by atoms with van der Waals surface area (Å²) in [7, 11) is 0. The summed E-state index contributed by atoms with van der Waals surface area (Å²) < 4.78 is 0.825. The summed E-state index contributed by atoms with van der Waals surface area (Å²) in [5, 5.41) is 16.0. The molecule has 2 aromatic rings. The van der Waals surface area contributed by atoms with Crippen LogP contribution in [-0.2, 0) is 0 Å². The van der Waals surface area contributed by atoms with Crippen molar-refractivity contribution >= 4 is 15.9 Å². The summed E-state index contributed by atoms with van der Waals surface area (Å²) in [6, 6.07) is 8.83. The van der Waals surface area contributed by atoms with Crippen LogP contribution in [0.2, 0.25) is 0 Å². The maximum absolute atomic E-state index is 9.23. The fourth-order valence-corrected chi connectivity index (χ4v) is 1.42. The van der Waals surface area contributed by atoms with Crippen molar-refractivity contribution in [2.45, 2.75) is 0 Å². The maximum atomic E-state index is 9.23. The van der Waals surface area contributed by atoms with E-state index in [1.54, 1.807) is 18.2 Å². The Labute approximate surface area is 83.5 Å². The van der Waals surface area contributed by atoms with E-state index in [9.17, 15) is 5.11 Å². The first-order valence-electron chi connectivity index (χ1n) is 3.76. The molecule has 1 aromatic carbocycles. The monoisotopic (exact) mass is 238 g/mol. The highest BCUT2D eigenvalue weighted by atomic mass is 79.9. The molecular weight excluding hydrogens is 232 g/mol. The van der Waals surface area contributed by atoms with Gasteiger partial charge in [-0.05, 0) is 34.1 Å². The minimum absolute atomic E-state index is 0.247. The Morgan fingerprint density at radius 3 is 2.77 bits per heavy atom. The Morgan fingerprint density at radius 2 is 2.15 bits per heavy atom. The average molecular weight is 239 g/mol. The van der Waals surface area contributed by atoms with Gasteiger partial charge in [0.15, 0.2) is 0 Å². The molecular formula is C9H7BrN2O. The van der Waals surface area contributed by atoms with E-state index in [2.05, 4.69) is 26.1 Å². The van der Waals surface area contributed by atoms with Gasteiger partial charge in [-0.1, -0.05) is 12.1 Å². The molecule has 0 aliphatic rings. The zero-order chi connectivity index (χ0) is 9.26. The minimum atomic E-state index is 0.247. The number of phenolic OH excluding ortho intramolecular Hbond substituents is 1. The third kappa shape index (κ3) is 1.72. The lowest BCUT2D eigenvalue weighted by atomic mass is 10.1. The summed E-state index contributed by atoms with van der Waals surface area (Å²) in [5.41, 5.74) is 1.70. The van der Waals surface area contributed by atoms with Gasteiger partial charge in [0.2, 0.25) is 0 Å². The van der Waals surface area contributed by atoms with Gasteiger partial charge in [0.05, 0.1) is 5.69 Å². The van der Waals surface area contributed by atoms with E-state index < -0.39 is 0 Å². The van der Waals surface area contributed by atoms with Crippen LogP contribution < -0.4 is 0 Å². The van der Waals surface area contributed by atoms with Crippen molar-refractivity contribution in [2.75, 3.05) is 0 Å². The average Bonchev–Trinajstić information content (AvgIpc) is 2.52. The van der Waals surface area contributed by atoms with Gasteiger partial charge in [0, 0.05) is 5.56 Å². The molecule has 0 atom stereocenters. The third-order valence-electron chi connectivity index (χ3n) is 1.69. The van der Waals surface area contributed by atoms with Gasteiger partial charge in [0.1, 0.15) is 10.4 Å². The first-order chi connectivity index (χ1) is 6.25. The molecule has 66 valence electrons. The number of benzene rings is 1. The summed E-state index contributed by atoms with van der Waals surface area (Å²) >= 11 is 3.27. The molecule has 0 amide bonds. The molecule has 0 aliphatic heterocycles. The van der Waals surface area contributed by atoms with E-state index in [0.717, 1.165) is 15.9 Å². The van der Waals surface area contributed by atoms with Gasteiger partial charge in [-0.3, -0.25) is 5.10 Å². The third-order valence-corrected chi connectivity index (χ3v) is 2.09. The number of aromatic hydroxyl groups is 1. The Kier molecular flexibility index (Phi) is 2.06. The second-order valence-electron chi connectivity index (χ2n) is 2.65. The number of hydrogen-bond acceptors (Lipinski definition) is 2. The van der Waals surface area contributed by atoms with Crippen molar-refractivity contribution < 1.29 is 5.11 Å². The Bertz CT molecular complexity index is 425. The maximum Gasteiger partial charge on any atom is 0.116 e. The van der Waals surface area contributed by atoms with Gasteiger partial charge >= 0.3 is 0 Å². The first kappa shape index (κ1) is 8.31. The number of aromatic amines is 1. The highest BCUT2D eigenvalue weighted by Crippen LogP contribution is 2.22. The van der Waals surface area contributed by atoms with E-state index in [1.165, 1.54) is 0 Å². The van der Waals surface area contributed by atoms with Crippen LogP contribution in [0.25, 0.3) is 11.3 Å². The summed E-state index contributed by atoms with van der Waals surface area (Å²) in [6.45, 7) is 0. The van der Waals surface area contributed by atoms with E-state index in [-0.39, 0.29) is 5.75 Å². The normalized spacial score (nSPS) is 10.2. The number of rotatable bonds is 1. The van der Waals surface area contributed by atoms with E-state index >= 15 is 0 Å². The topological polar surface area (TPSA) is 48.9 Å².